The second-order valence-corrected chi connectivity index (χ2v) is 6.82. The van der Waals surface area contributed by atoms with E-state index in [0.717, 1.165) is 15.6 Å². The van der Waals surface area contributed by atoms with E-state index in [2.05, 4.69) is 31.5 Å². The van der Waals surface area contributed by atoms with Crippen LogP contribution in [-0.2, 0) is 4.79 Å². The third-order valence-corrected chi connectivity index (χ3v) is 4.47. The van der Waals surface area contributed by atoms with Crippen molar-refractivity contribution < 1.29 is 4.79 Å². The predicted molar refractivity (Wildman–Crippen MR) is 112 cm³/mol. The first-order valence-electron chi connectivity index (χ1n) is 8.56. The zero-order chi connectivity index (χ0) is 19.8. The molecule has 0 saturated carbocycles. The molecule has 3 aromatic rings. The second-order valence-electron chi connectivity index (χ2n) is 5.90. The SMILES string of the molecule is N#C/C(=C/Nc1ccc(Br)cn1)C(=O)NC(c1ccccc1)c1ccccc1. The highest BCUT2D eigenvalue weighted by Crippen LogP contribution is 2.22. The van der Waals surface area contributed by atoms with Crippen molar-refractivity contribution in [1.29, 1.82) is 5.26 Å². The molecule has 138 valence electrons. The van der Waals surface area contributed by atoms with E-state index in [-0.39, 0.29) is 11.6 Å². The number of hydrogen-bond donors (Lipinski definition) is 2. The molecule has 0 atom stereocenters. The van der Waals surface area contributed by atoms with Gasteiger partial charge in [0.2, 0.25) is 0 Å². The molecule has 28 heavy (non-hydrogen) atoms. The molecule has 3 rings (SSSR count). The summed E-state index contributed by atoms with van der Waals surface area (Å²) in [6.45, 7) is 0. The van der Waals surface area contributed by atoms with E-state index < -0.39 is 5.91 Å². The standard InChI is InChI=1S/C22H17BrN4O/c23-19-11-12-20(26-15-19)25-14-18(13-24)22(28)27-21(16-7-3-1-4-8-16)17-9-5-2-6-10-17/h1-12,14-15,21H,(H,25,26)(H,27,28)/b18-14-. The molecule has 1 heterocycles. The second kappa shape index (κ2) is 9.49. The van der Waals surface area contributed by atoms with Crippen molar-refractivity contribution in [2.75, 3.05) is 5.32 Å². The summed E-state index contributed by atoms with van der Waals surface area (Å²) in [5.41, 5.74) is 1.82. The minimum atomic E-state index is -0.468. The summed E-state index contributed by atoms with van der Waals surface area (Å²) < 4.78 is 0.842. The van der Waals surface area contributed by atoms with Crippen molar-refractivity contribution in [3.05, 3.63) is 106 Å². The lowest BCUT2D eigenvalue weighted by Crippen LogP contribution is -2.30. The van der Waals surface area contributed by atoms with Crippen LogP contribution in [-0.4, -0.2) is 10.9 Å². The topological polar surface area (TPSA) is 77.8 Å². The third-order valence-electron chi connectivity index (χ3n) is 4.00. The van der Waals surface area contributed by atoms with Gasteiger partial charge in [-0.15, -0.1) is 0 Å². The van der Waals surface area contributed by atoms with Crippen molar-refractivity contribution >= 4 is 27.7 Å². The molecule has 6 heteroatoms. The summed E-state index contributed by atoms with van der Waals surface area (Å²) >= 11 is 3.31. The maximum Gasteiger partial charge on any atom is 0.264 e. The van der Waals surface area contributed by atoms with Crippen LogP contribution in [0.1, 0.15) is 17.2 Å². The fourth-order valence-corrected chi connectivity index (χ4v) is 2.85. The number of pyridine rings is 1. The smallest absolute Gasteiger partial charge is 0.264 e. The number of carbonyl (C=O) groups excluding carboxylic acids is 1. The maximum atomic E-state index is 12.7. The molecule has 1 aromatic heterocycles. The highest BCUT2D eigenvalue weighted by molar-refractivity contribution is 9.10. The van der Waals surface area contributed by atoms with E-state index in [1.807, 2.05) is 72.8 Å². The number of anilines is 1. The quantitative estimate of drug-likeness (QED) is 0.441. The van der Waals surface area contributed by atoms with Gasteiger partial charge in [0.25, 0.3) is 5.91 Å². The number of rotatable bonds is 6. The molecule has 0 aliphatic rings. The Balaban J connectivity index is 1.81. The largest absolute Gasteiger partial charge is 0.345 e. The average Bonchev–Trinajstić information content (AvgIpc) is 2.75. The zero-order valence-electron chi connectivity index (χ0n) is 14.8. The first kappa shape index (κ1) is 19.3. The van der Waals surface area contributed by atoms with Crippen LogP contribution in [0.15, 0.2) is 95.2 Å². The van der Waals surface area contributed by atoms with Gasteiger partial charge in [0.05, 0.1) is 6.04 Å². The van der Waals surface area contributed by atoms with Gasteiger partial charge in [0.15, 0.2) is 0 Å². The highest BCUT2D eigenvalue weighted by atomic mass is 79.9. The number of nitrogens with zero attached hydrogens (tertiary/aromatic N) is 2. The number of amides is 1. The van der Waals surface area contributed by atoms with Crippen LogP contribution < -0.4 is 10.6 Å². The number of nitrogens with one attached hydrogen (secondary N) is 2. The molecule has 2 aromatic carbocycles. The predicted octanol–water partition coefficient (Wildman–Crippen LogP) is 4.57. The molecule has 0 fully saturated rings. The van der Waals surface area contributed by atoms with E-state index in [0.29, 0.717) is 5.82 Å². The Morgan fingerprint density at radius 1 is 1.00 bits per heavy atom. The molecular formula is C22H17BrN4O. The Hall–Kier alpha value is -3.43. The Kier molecular flexibility index (Phi) is 6.55. The minimum Gasteiger partial charge on any atom is -0.345 e. The number of benzene rings is 2. The zero-order valence-corrected chi connectivity index (χ0v) is 16.4. The van der Waals surface area contributed by atoms with Gasteiger partial charge in [-0.3, -0.25) is 4.79 Å². The molecule has 0 radical (unpaired) electrons. The number of halogens is 1. The lowest BCUT2D eigenvalue weighted by molar-refractivity contribution is -0.117. The number of hydrogen-bond acceptors (Lipinski definition) is 4. The van der Waals surface area contributed by atoms with Crippen LogP contribution >= 0.6 is 15.9 Å². The third kappa shape index (κ3) is 5.06. The van der Waals surface area contributed by atoms with Gasteiger partial charge in [0, 0.05) is 16.9 Å². The fourth-order valence-electron chi connectivity index (χ4n) is 2.61. The van der Waals surface area contributed by atoms with Crippen molar-refractivity contribution in [2.24, 2.45) is 0 Å². The first-order chi connectivity index (χ1) is 13.7. The van der Waals surface area contributed by atoms with E-state index in [9.17, 15) is 10.1 Å². The van der Waals surface area contributed by atoms with Gasteiger partial charge >= 0.3 is 0 Å². The molecule has 2 N–H and O–H groups in total. The van der Waals surface area contributed by atoms with Gasteiger partial charge in [-0.2, -0.15) is 5.26 Å². The van der Waals surface area contributed by atoms with Crippen LogP contribution in [0, 0.1) is 11.3 Å². The van der Waals surface area contributed by atoms with Gasteiger partial charge in [-0.05, 0) is 39.2 Å². The molecule has 1 amide bonds. The summed E-state index contributed by atoms with van der Waals surface area (Å²) in [5.74, 6) is 0.0660. The molecule has 0 aliphatic heterocycles. The van der Waals surface area contributed by atoms with Crippen LogP contribution in [0.3, 0.4) is 0 Å². The first-order valence-corrected chi connectivity index (χ1v) is 9.36. The van der Waals surface area contributed by atoms with E-state index >= 15 is 0 Å². The number of nitriles is 1. The van der Waals surface area contributed by atoms with E-state index in [1.165, 1.54) is 6.20 Å². The van der Waals surface area contributed by atoms with Gasteiger partial charge < -0.3 is 10.6 Å². The fraction of sp³-hybridized carbons (Fsp3) is 0.0455. The normalized spacial score (nSPS) is 11.0. The Morgan fingerprint density at radius 3 is 2.11 bits per heavy atom. The molecule has 0 saturated heterocycles. The molecular weight excluding hydrogens is 416 g/mol. The summed E-state index contributed by atoms with van der Waals surface area (Å²) in [6.07, 6.45) is 2.99. The van der Waals surface area contributed by atoms with Crippen LogP contribution in [0.2, 0.25) is 0 Å². The molecule has 0 bridgehead atoms. The van der Waals surface area contributed by atoms with Crippen molar-refractivity contribution in [3.63, 3.8) is 0 Å². The lowest BCUT2D eigenvalue weighted by atomic mass is 9.98. The van der Waals surface area contributed by atoms with Crippen molar-refractivity contribution in [2.45, 2.75) is 6.04 Å². The number of carbonyl (C=O) groups is 1. The summed E-state index contributed by atoms with van der Waals surface area (Å²) in [5, 5.41) is 15.3. The van der Waals surface area contributed by atoms with Gasteiger partial charge in [-0.25, -0.2) is 4.98 Å². The van der Waals surface area contributed by atoms with Crippen LogP contribution in [0.4, 0.5) is 5.82 Å². The minimum absolute atomic E-state index is 0.0402. The van der Waals surface area contributed by atoms with E-state index in [1.54, 1.807) is 12.3 Å². The summed E-state index contributed by atoms with van der Waals surface area (Å²) in [7, 11) is 0. The molecule has 5 nitrogen and oxygen atoms in total. The Bertz CT molecular complexity index is 957. The van der Waals surface area contributed by atoms with Gasteiger partial charge in [0.1, 0.15) is 17.5 Å². The summed E-state index contributed by atoms with van der Waals surface area (Å²) in [6, 6.07) is 24.4. The highest BCUT2D eigenvalue weighted by Gasteiger charge is 2.19. The molecule has 0 spiro atoms. The van der Waals surface area contributed by atoms with E-state index in [4.69, 9.17) is 0 Å². The van der Waals surface area contributed by atoms with Crippen LogP contribution in [0.5, 0.6) is 0 Å². The van der Waals surface area contributed by atoms with Crippen molar-refractivity contribution in [3.8, 4) is 6.07 Å². The van der Waals surface area contributed by atoms with Crippen molar-refractivity contribution in [1.82, 2.24) is 10.3 Å². The Labute approximate surface area is 171 Å². The average molecular weight is 433 g/mol. The van der Waals surface area contributed by atoms with Gasteiger partial charge in [-0.1, -0.05) is 60.7 Å². The van der Waals surface area contributed by atoms with Crippen LogP contribution in [0.25, 0.3) is 0 Å². The summed E-state index contributed by atoms with van der Waals surface area (Å²) in [4.78, 5) is 16.9. The monoisotopic (exact) mass is 432 g/mol. The maximum absolute atomic E-state index is 12.7. The molecule has 0 aliphatic carbocycles. The molecule has 0 unspecified atom stereocenters. The lowest BCUT2D eigenvalue weighted by Gasteiger charge is -2.19. The number of aromatic nitrogens is 1. The Morgan fingerprint density at radius 2 is 1.61 bits per heavy atom.